The summed E-state index contributed by atoms with van der Waals surface area (Å²) in [6, 6.07) is 9.87. The molecule has 2 rings (SSSR count). The van der Waals surface area contributed by atoms with Crippen molar-refractivity contribution in [3.63, 3.8) is 0 Å². The van der Waals surface area contributed by atoms with Crippen LogP contribution in [0.2, 0.25) is 0 Å². The van der Waals surface area contributed by atoms with E-state index in [9.17, 15) is 8.42 Å². The van der Waals surface area contributed by atoms with Crippen molar-refractivity contribution in [3.8, 4) is 0 Å². The molecule has 0 saturated carbocycles. The molecular weight excluding hydrogens is 346 g/mol. The second-order valence-corrected chi connectivity index (χ2v) is 6.73. The Kier molecular flexibility index (Phi) is 4.98. The molecule has 0 fully saturated rings. The summed E-state index contributed by atoms with van der Waals surface area (Å²) in [6.45, 7) is 0.0996. The zero-order valence-electron chi connectivity index (χ0n) is 10.7. The summed E-state index contributed by atoms with van der Waals surface area (Å²) in [4.78, 5) is 0.204. The van der Waals surface area contributed by atoms with E-state index in [0.29, 0.717) is 5.76 Å². The molecule has 5 nitrogen and oxygen atoms in total. The first-order valence-electron chi connectivity index (χ1n) is 5.84. The lowest BCUT2D eigenvalue weighted by Gasteiger charge is -2.14. The highest BCUT2D eigenvalue weighted by Gasteiger charge is 2.19. The van der Waals surface area contributed by atoms with Crippen molar-refractivity contribution in [2.45, 2.75) is 11.0 Å². The van der Waals surface area contributed by atoms with Gasteiger partial charge in [-0.05, 0) is 36.4 Å². The zero-order chi connectivity index (χ0) is 14.6. The van der Waals surface area contributed by atoms with Gasteiger partial charge in [-0.15, -0.1) is 0 Å². The predicted octanol–water partition coefficient (Wildman–Crippen LogP) is 2.71. The molecule has 1 aromatic carbocycles. The third kappa shape index (κ3) is 3.69. The van der Waals surface area contributed by atoms with Crippen LogP contribution < -0.4 is 4.72 Å². The van der Waals surface area contributed by atoms with Crippen molar-refractivity contribution in [3.05, 3.63) is 52.9 Å². The van der Waals surface area contributed by atoms with E-state index in [1.54, 1.807) is 24.3 Å². The van der Waals surface area contributed by atoms with Crippen molar-refractivity contribution in [1.82, 2.24) is 4.72 Å². The van der Waals surface area contributed by atoms with E-state index in [-0.39, 0.29) is 11.4 Å². The molecule has 1 aromatic heterocycles. The lowest BCUT2D eigenvalue weighted by Crippen LogP contribution is -2.29. The lowest BCUT2D eigenvalue weighted by molar-refractivity contribution is 0.0878. The van der Waals surface area contributed by atoms with Crippen LogP contribution >= 0.6 is 15.9 Å². The van der Waals surface area contributed by atoms with Gasteiger partial charge >= 0.3 is 0 Å². The van der Waals surface area contributed by atoms with Crippen LogP contribution in [-0.4, -0.2) is 22.1 Å². The molecule has 1 atom stereocenters. The van der Waals surface area contributed by atoms with Crippen molar-refractivity contribution >= 4 is 26.0 Å². The topological polar surface area (TPSA) is 68.5 Å². The van der Waals surface area contributed by atoms with Crippen molar-refractivity contribution in [1.29, 1.82) is 0 Å². The van der Waals surface area contributed by atoms with Gasteiger partial charge < -0.3 is 9.15 Å². The monoisotopic (exact) mass is 359 g/mol. The molecule has 20 heavy (non-hydrogen) atoms. The summed E-state index contributed by atoms with van der Waals surface area (Å²) in [5.41, 5.74) is 0. The molecule has 0 aliphatic heterocycles. The smallest absolute Gasteiger partial charge is 0.240 e. The molecule has 0 spiro atoms. The van der Waals surface area contributed by atoms with Crippen molar-refractivity contribution in [2.75, 3.05) is 13.7 Å². The largest absolute Gasteiger partial charge is 0.467 e. The molecule has 0 saturated heterocycles. The summed E-state index contributed by atoms with van der Waals surface area (Å²) in [5.74, 6) is 0.575. The summed E-state index contributed by atoms with van der Waals surface area (Å²) >= 11 is 3.26. The molecule has 1 unspecified atom stereocenters. The van der Waals surface area contributed by atoms with Crippen LogP contribution in [0.5, 0.6) is 0 Å². The van der Waals surface area contributed by atoms with E-state index in [1.807, 2.05) is 0 Å². The maximum Gasteiger partial charge on any atom is 0.240 e. The van der Waals surface area contributed by atoms with Crippen LogP contribution in [0, 0.1) is 0 Å². The number of ether oxygens (including phenoxy) is 1. The maximum absolute atomic E-state index is 12.1. The van der Waals surface area contributed by atoms with Crippen LogP contribution in [0.1, 0.15) is 11.9 Å². The van der Waals surface area contributed by atoms with Gasteiger partial charge in [0, 0.05) is 18.1 Å². The van der Waals surface area contributed by atoms with Crippen LogP contribution in [0.3, 0.4) is 0 Å². The van der Waals surface area contributed by atoms with E-state index < -0.39 is 16.1 Å². The lowest BCUT2D eigenvalue weighted by atomic mass is 10.3. The summed E-state index contributed by atoms with van der Waals surface area (Å²) in [6.07, 6.45) is 1.06. The molecule has 0 aliphatic rings. The number of halogens is 1. The Morgan fingerprint density at radius 1 is 1.30 bits per heavy atom. The van der Waals surface area contributed by atoms with E-state index in [4.69, 9.17) is 9.15 Å². The first kappa shape index (κ1) is 15.2. The van der Waals surface area contributed by atoms with Crippen LogP contribution in [0.15, 0.2) is 56.4 Å². The Morgan fingerprint density at radius 2 is 2.00 bits per heavy atom. The minimum absolute atomic E-state index is 0.0996. The molecule has 1 heterocycles. The zero-order valence-corrected chi connectivity index (χ0v) is 13.1. The maximum atomic E-state index is 12.1. The molecule has 108 valence electrons. The highest BCUT2D eigenvalue weighted by atomic mass is 79.9. The van der Waals surface area contributed by atoms with Crippen molar-refractivity contribution < 1.29 is 17.6 Å². The van der Waals surface area contributed by atoms with E-state index >= 15 is 0 Å². The van der Waals surface area contributed by atoms with Crippen molar-refractivity contribution in [2.24, 2.45) is 0 Å². The number of benzene rings is 1. The molecular formula is C13H14BrNO4S. The van der Waals surface area contributed by atoms with Gasteiger partial charge in [-0.25, -0.2) is 13.1 Å². The molecule has 1 N–H and O–H groups in total. The fourth-order valence-corrected chi connectivity index (χ4v) is 2.95. The average molecular weight is 360 g/mol. The first-order chi connectivity index (χ1) is 9.53. The Bertz CT molecular complexity index is 638. The number of nitrogens with one attached hydrogen (secondary N) is 1. The molecule has 2 aromatic rings. The quantitative estimate of drug-likeness (QED) is 0.860. The predicted molar refractivity (Wildman–Crippen MR) is 77.8 cm³/mol. The number of furan rings is 1. The van der Waals surface area contributed by atoms with Crippen LogP contribution in [0.4, 0.5) is 0 Å². The summed E-state index contributed by atoms with van der Waals surface area (Å²) < 4.78 is 38.0. The molecule has 7 heteroatoms. The third-order valence-electron chi connectivity index (χ3n) is 2.73. The van der Waals surface area contributed by atoms with E-state index in [0.717, 1.165) is 4.47 Å². The highest BCUT2D eigenvalue weighted by Crippen LogP contribution is 2.18. The van der Waals surface area contributed by atoms with Crippen LogP contribution in [-0.2, 0) is 14.8 Å². The Hall–Kier alpha value is -1.15. The van der Waals surface area contributed by atoms with Gasteiger partial charge in [0.25, 0.3) is 0 Å². The fraction of sp³-hybridized carbons (Fsp3) is 0.231. The molecule has 0 bridgehead atoms. The van der Waals surface area contributed by atoms with Gasteiger partial charge in [0.2, 0.25) is 10.0 Å². The highest BCUT2D eigenvalue weighted by molar-refractivity contribution is 9.10. The van der Waals surface area contributed by atoms with Gasteiger partial charge in [-0.1, -0.05) is 15.9 Å². The average Bonchev–Trinajstić information content (AvgIpc) is 2.94. The number of methoxy groups -OCH3 is 1. The van der Waals surface area contributed by atoms with Gasteiger partial charge in [-0.2, -0.15) is 0 Å². The third-order valence-corrected chi connectivity index (χ3v) is 4.70. The fourth-order valence-electron chi connectivity index (χ4n) is 1.66. The van der Waals surface area contributed by atoms with Crippen LogP contribution in [0.25, 0.3) is 0 Å². The number of rotatable bonds is 6. The second-order valence-electron chi connectivity index (χ2n) is 4.05. The van der Waals surface area contributed by atoms with Gasteiger partial charge in [0.05, 0.1) is 11.2 Å². The number of sulfonamides is 1. The summed E-state index contributed by atoms with van der Waals surface area (Å²) in [5, 5.41) is 0. The summed E-state index contributed by atoms with van der Waals surface area (Å²) in [7, 11) is -2.06. The Labute approximate surface area is 126 Å². The van der Waals surface area contributed by atoms with E-state index in [2.05, 4.69) is 20.7 Å². The van der Waals surface area contributed by atoms with Gasteiger partial charge in [0.15, 0.2) is 0 Å². The van der Waals surface area contributed by atoms with E-state index in [1.165, 1.54) is 25.5 Å². The SMILES string of the molecule is COC(CNS(=O)(=O)c1ccc(Br)cc1)c1ccco1. The molecule has 0 radical (unpaired) electrons. The Morgan fingerprint density at radius 3 is 2.55 bits per heavy atom. The number of hydrogen-bond donors (Lipinski definition) is 1. The molecule has 0 aliphatic carbocycles. The minimum Gasteiger partial charge on any atom is -0.467 e. The number of hydrogen-bond acceptors (Lipinski definition) is 4. The van der Waals surface area contributed by atoms with Gasteiger partial charge in [0.1, 0.15) is 11.9 Å². The standard InChI is InChI=1S/C13H14BrNO4S/c1-18-13(12-3-2-8-19-12)9-15-20(16,17)11-6-4-10(14)5-7-11/h2-8,13,15H,9H2,1H3. The second kappa shape index (κ2) is 6.53. The van der Waals surface area contributed by atoms with Gasteiger partial charge in [-0.3, -0.25) is 0 Å². The minimum atomic E-state index is -3.57. The first-order valence-corrected chi connectivity index (χ1v) is 8.12. The Balaban J connectivity index is 2.07. The molecule has 0 amide bonds. The normalized spacial score (nSPS) is 13.3.